The van der Waals surface area contributed by atoms with E-state index in [-0.39, 0.29) is 6.29 Å². The van der Waals surface area contributed by atoms with Crippen molar-refractivity contribution in [3.8, 4) is 5.75 Å². The average molecular weight is 273 g/mol. The van der Waals surface area contributed by atoms with E-state index in [1.54, 1.807) is 0 Å². The lowest BCUT2D eigenvalue weighted by molar-refractivity contribution is -0.142. The fraction of sp³-hybridized carbons (Fsp3) is 0.571. The minimum Gasteiger partial charge on any atom is -0.493 e. The highest BCUT2D eigenvalue weighted by molar-refractivity contribution is 6.30. The molecule has 1 aromatic rings. The summed E-state index contributed by atoms with van der Waals surface area (Å²) in [6, 6.07) is 5.63. The topological polar surface area (TPSA) is 27.7 Å². The third-order valence-electron chi connectivity index (χ3n) is 2.47. The third-order valence-corrected chi connectivity index (χ3v) is 2.70. The summed E-state index contributed by atoms with van der Waals surface area (Å²) in [6.45, 7) is 7.73. The highest BCUT2D eigenvalue weighted by atomic mass is 35.5. The summed E-state index contributed by atoms with van der Waals surface area (Å²) < 4.78 is 16.6. The number of ether oxygens (including phenoxy) is 3. The quantitative estimate of drug-likeness (QED) is 0.674. The van der Waals surface area contributed by atoms with E-state index in [0.29, 0.717) is 31.3 Å². The van der Waals surface area contributed by atoms with Crippen LogP contribution in [0.15, 0.2) is 18.2 Å². The second-order valence-corrected chi connectivity index (χ2v) is 4.32. The Hall–Kier alpha value is -0.770. The van der Waals surface area contributed by atoms with Crippen molar-refractivity contribution in [3.05, 3.63) is 28.8 Å². The monoisotopic (exact) mass is 272 g/mol. The van der Waals surface area contributed by atoms with Crippen LogP contribution in [0.5, 0.6) is 5.75 Å². The Labute approximate surface area is 114 Å². The van der Waals surface area contributed by atoms with Gasteiger partial charge in [-0.1, -0.05) is 17.7 Å². The average Bonchev–Trinajstić information content (AvgIpc) is 2.34. The molecule has 0 saturated heterocycles. The number of benzene rings is 1. The van der Waals surface area contributed by atoms with Crippen LogP contribution in [0.2, 0.25) is 5.02 Å². The summed E-state index contributed by atoms with van der Waals surface area (Å²) in [4.78, 5) is 0. The fourth-order valence-corrected chi connectivity index (χ4v) is 1.74. The van der Waals surface area contributed by atoms with E-state index >= 15 is 0 Å². The fourth-order valence-electron chi connectivity index (χ4n) is 1.58. The zero-order chi connectivity index (χ0) is 13.4. The van der Waals surface area contributed by atoms with E-state index in [0.717, 1.165) is 11.3 Å². The van der Waals surface area contributed by atoms with Crippen molar-refractivity contribution in [2.24, 2.45) is 0 Å². The van der Waals surface area contributed by atoms with Gasteiger partial charge >= 0.3 is 0 Å². The van der Waals surface area contributed by atoms with Gasteiger partial charge in [-0.15, -0.1) is 0 Å². The van der Waals surface area contributed by atoms with Crippen LogP contribution in [0.3, 0.4) is 0 Å². The number of rotatable bonds is 8. The Kier molecular flexibility index (Phi) is 7.09. The molecule has 0 saturated carbocycles. The molecule has 4 heteroatoms. The van der Waals surface area contributed by atoms with Crippen molar-refractivity contribution in [2.75, 3.05) is 19.8 Å². The van der Waals surface area contributed by atoms with E-state index in [9.17, 15) is 0 Å². The predicted octanol–water partition coefficient (Wildman–Crippen LogP) is 3.82. The van der Waals surface area contributed by atoms with Gasteiger partial charge in [-0.25, -0.2) is 0 Å². The van der Waals surface area contributed by atoms with E-state index in [2.05, 4.69) is 0 Å². The molecule has 0 aliphatic carbocycles. The van der Waals surface area contributed by atoms with Gasteiger partial charge in [-0.05, 0) is 38.5 Å². The molecule has 102 valence electrons. The Morgan fingerprint density at radius 3 is 2.44 bits per heavy atom. The third kappa shape index (κ3) is 5.25. The van der Waals surface area contributed by atoms with Crippen molar-refractivity contribution in [2.45, 2.75) is 33.5 Å². The van der Waals surface area contributed by atoms with E-state index < -0.39 is 0 Å². The van der Waals surface area contributed by atoms with E-state index in [4.69, 9.17) is 25.8 Å². The van der Waals surface area contributed by atoms with Crippen molar-refractivity contribution in [1.82, 2.24) is 0 Å². The molecule has 18 heavy (non-hydrogen) atoms. The first-order valence-corrected chi connectivity index (χ1v) is 6.67. The van der Waals surface area contributed by atoms with Crippen LogP contribution in [0, 0.1) is 6.92 Å². The number of aryl methyl sites for hydroxylation is 1. The van der Waals surface area contributed by atoms with Crippen LogP contribution >= 0.6 is 11.6 Å². The van der Waals surface area contributed by atoms with Gasteiger partial charge in [0.05, 0.1) is 6.61 Å². The lowest BCUT2D eigenvalue weighted by Crippen LogP contribution is -2.20. The Morgan fingerprint density at radius 1 is 1.17 bits per heavy atom. The molecule has 0 amide bonds. The SMILES string of the molecule is CCOC(CCOc1cc(Cl)ccc1C)OCC. The van der Waals surface area contributed by atoms with Crippen molar-refractivity contribution in [3.63, 3.8) is 0 Å². The van der Waals surface area contributed by atoms with E-state index in [1.807, 2.05) is 39.0 Å². The molecule has 0 aliphatic heterocycles. The molecule has 0 atom stereocenters. The molecular formula is C14H21ClO3. The molecule has 0 aromatic heterocycles. The van der Waals surface area contributed by atoms with Crippen molar-refractivity contribution >= 4 is 11.6 Å². The molecule has 3 nitrogen and oxygen atoms in total. The number of hydrogen-bond donors (Lipinski definition) is 0. The first-order valence-electron chi connectivity index (χ1n) is 6.29. The molecule has 1 aromatic carbocycles. The lowest BCUT2D eigenvalue weighted by Gasteiger charge is -2.17. The lowest BCUT2D eigenvalue weighted by atomic mass is 10.2. The van der Waals surface area contributed by atoms with Gasteiger partial charge in [0, 0.05) is 24.7 Å². The zero-order valence-corrected chi connectivity index (χ0v) is 12.0. The minimum absolute atomic E-state index is 0.195. The molecule has 0 aliphatic rings. The highest BCUT2D eigenvalue weighted by Crippen LogP contribution is 2.22. The summed E-state index contributed by atoms with van der Waals surface area (Å²) in [5, 5.41) is 0.682. The maximum absolute atomic E-state index is 5.93. The Morgan fingerprint density at radius 2 is 1.83 bits per heavy atom. The van der Waals surface area contributed by atoms with Gasteiger partial charge in [0.2, 0.25) is 0 Å². The van der Waals surface area contributed by atoms with Crippen LogP contribution in [0.25, 0.3) is 0 Å². The van der Waals surface area contributed by atoms with Gasteiger partial charge in [0.25, 0.3) is 0 Å². The predicted molar refractivity (Wildman–Crippen MR) is 73.3 cm³/mol. The van der Waals surface area contributed by atoms with Gasteiger partial charge in [0.15, 0.2) is 6.29 Å². The van der Waals surface area contributed by atoms with Gasteiger partial charge in [-0.2, -0.15) is 0 Å². The van der Waals surface area contributed by atoms with Crippen molar-refractivity contribution in [1.29, 1.82) is 0 Å². The number of hydrogen-bond acceptors (Lipinski definition) is 3. The maximum Gasteiger partial charge on any atom is 0.160 e. The second kappa shape index (κ2) is 8.35. The first-order chi connectivity index (χ1) is 8.67. The molecule has 0 unspecified atom stereocenters. The first kappa shape index (κ1) is 15.3. The highest BCUT2D eigenvalue weighted by Gasteiger charge is 2.08. The minimum atomic E-state index is -0.195. The second-order valence-electron chi connectivity index (χ2n) is 3.89. The Balaban J connectivity index is 2.41. The summed E-state index contributed by atoms with van der Waals surface area (Å²) in [7, 11) is 0. The molecule has 0 bridgehead atoms. The smallest absolute Gasteiger partial charge is 0.160 e. The summed E-state index contributed by atoms with van der Waals surface area (Å²) in [5.41, 5.74) is 1.07. The van der Waals surface area contributed by atoms with Crippen LogP contribution in [-0.2, 0) is 9.47 Å². The zero-order valence-electron chi connectivity index (χ0n) is 11.2. The van der Waals surface area contributed by atoms with Crippen LogP contribution < -0.4 is 4.74 Å². The standard InChI is InChI=1S/C14H21ClO3/c1-4-16-14(17-5-2)8-9-18-13-10-12(15)7-6-11(13)3/h6-7,10,14H,4-5,8-9H2,1-3H3. The van der Waals surface area contributed by atoms with E-state index in [1.165, 1.54) is 0 Å². The molecule has 1 rings (SSSR count). The molecular weight excluding hydrogens is 252 g/mol. The van der Waals surface area contributed by atoms with Crippen LogP contribution in [-0.4, -0.2) is 26.1 Å². The normalized spacial score (nSPS) is 10.9. The summed E-state index contributed by atoms with van der Waals surface area (Å²) in [6.07, 6.45) is 0.507. The van der Waals surface area contributed by atoms with Crippen molar-refractivity contribution < 1.29 is 14.2 Å². The van der Waals surface area contributed by atoms with Gasteiger partial charge < -0.3 is 14.2 Å². The maximum atomic E-state index is 5.93. The van der Waals surface area contributed by atoms with Crippen LogP contribution in [0.1, 0.15) is 25.8 Å². The van der Waals surface area contributed by atoms with Crippen LogP contribution in [0.4, 0.5) is 0 Å². The van der Waals surface area contributed by atoms with Gasteiger partial charge in [-0.3, -0.25) is 0 Å². The van der Waals surface area contributed by atoms with Gasteiger partial charge in [0.1, 0.15) is 5.75 Å². The Bertz CT molecular complexity index is 349. The molecule has 0 N–H and O–H groups in total. The largest absolute Gasteiger partial charge is 0.493 e. The molecule has 0 heterocycles. The number of halogens is 1. The molecule has 0 radical (unpaired) electrons. The molecule has 0 spiro atoms. The summed E-state index contributed by atoms with van der Waals surface area (Å²) >= 11 is 5.93. The summed E-state index contributed by atoms with van der Waals surface area (Å²) in [5.74, 6) is 0.814. The molecule has 0 fully saturated rings.